The van der Waals surface area contributed by atoms with Crippen LogP contribution in [-0.2, 0) is 16.0 Å². The van der Waals surface area contributed by atoms with Crippen molar-refractivity contribution < 1.29 is 14.3 Å². The molecule has 0 bridgehead atoms. The minimum absolute atomic E-state index is 0.100. The van der Waals surface area contributed by atoms with E-state index >= 15 is 0 Å². The Morgan fingerprint density at radius 3 is 2.82 bits per heavy atom. The second-order valence-electron chi connectivity index (χ2n) is 8.35. The molecule has 0 radical (unpaired) electrons. The lowest BCUT2D eigenvalue weighted by Gasteiger charge is -2.36. The Balaban J connectivity index is 1.58. The monoisotopic (exact) mass is 509 g/mol. The average molecular weight is 510 g/mol. The van der Waals surface area contributed by atoms with Crippen molar-refractivity contribution in [3.05, 3.63) is 41.0 Å². The summed E-state index contributed by atoms with van der Waals surface area (Å²) >= 11 is 8.86. The fourth-order valence-electron chi connectivity index (χ4n) is 4.03. The number of esters is 1. The molecule has 1 aromatic heterocycles. The molecule has 9 heteroatoms. The summed E-state index contributed by atoms with van der Waals surface area (Å²) in [5.41, 5.74) is 1.18. The topological polar surface area (TPSA) is 71.5 Å². The molecule has 0 atom stereocenters. The second-order valence-corrected chi connectivity index (χ2v) is 11.1. The Morgan fingerprint density at radius 2 is 2.09 bits per heavy atom. The number of nitrogens with one attached hydrogen (secondary N) is 1. The number of ether oxygens (including phenoxy) is 1. The van der Waals surface area contributed by atoms with Crippen LogP contribution in [0.2, 0.25) is 5.02 Å². The van der Waals surface area contributed by atoms with Gasteiger partial charge in [-0.25, -0.2) is 9.78 Å². The van der Waals surface area contributed by atoms with Gasteiger partial charge in [0.05, 0.1) is 22.8 Å². The molecule has 2 amide bonds. The third kappa shape index (κ3) is 8.50. The van der Waals surface area contributed by atoms with E-state index in [2.05, 4.69) is 23.3 Å². The molecule has 0 spiro atoms. The van der Waals surface area contributed by atoms with E-state index in [1.807, 2.05) is 23.1 Å². The van der Waals surface area contributed by atoms with Gasteiger partial charge in [-0.1, -0.05) is 42.0 Å². The molecule has 33 heavy (non-hydrogen) atoms. The van der Waals surface area contributed by atoms with Crippen LogP contribution >= 0.6 is 34.7 Å². The van der Waals surface area contributed by atoms with Crippen LogP contribution < -0.4 is 5.32 Å². The first-order valence-corrected chi connectivity index (χ1v) is 13.7. The van der Waals surface area contributed by atoms with Crippen LogP contribution in [0.3, 0.4) is 0 Å². The van der Waals surface area contributed by atoms with Gasteiger partial charge in [0.1, 0.15) is 0 Å². The Hall–Kier alpha value is -1.77. The highest BCUT2D eigenvalue weighted by atomic mass is 35.5. The minimum Gasteiger partial charge on any atom is -0.465 e. The van der Waals surface area contributed by atoms with Crippen molar-refractivity contribution in [3.8, 4) is 0 Å². The SMILES string of the molecule is CCOC(=O)CSc1cnc(NC(=O)N(CCCc2cccc(Cl)c2)[C@H]2CC[C@H](C)CC2)s1. The minimum atomic E-state index is -0.251. The normalized spacial score (nSPS) is 18.0. The Labute approximate surface area is 209 Å². The lowest BCUT2D eigenvalue weighted by molar-refractivity contribution is -0.139. The molecule has 0 saturated heterocycles. The van der Waals surface area contributed by atoms with E-state index in [0.717, 1.165) is 53.7 Å². The van der Waals surface area contributed by atoms with Crippen LogP contribution in [0, 0.1) is 5.92 Å². The van der Waals surface area contributed by atoms with E-state index in [9.17, 15) is 9.59 Å². The van der Waals surface area contributed by atoms with Crippen molar-refractivity contribution in [2.24, 2.45) is 5.92 Å². The van der Waals surface area contributed by atoms with Gasteiger partial charge in [-0.15, -0.1) is 11.8 Å². The number of aryl methyl sites for hydroxylation is 1. The third-order valence-corrected chi connectivity index (χ3v) is 8.09. The van der Waals surface area contributed by atoms with E-state index in [4.69, 9.17) is 16.3 Å². The van der Waals surface area contributed by atoms with Crippen molar-refractivity contribution >= 4 is 51.8 Å². The summed E-state index contributed by atoms with van der Waals surface area (Å²) in [5, 5.41) is 4.28. The molecule has 180 valence electrons. The van der Waals surface area contributed by atoms with Crippen molar-refractivity contribution in [1.29, 1.82) is 0 Å². The predicted molar refractivity (Wildman–Crippen MR) is 136 cm³/mol. The van der Waals surface area contributed by atoms with Crippen LogP contribution in [0.1, 0.15) is 51.5 Å². The molecule has 1 fully saturated rings. The maximum Gasteiger partial charge on any atom is 0.323 e. The van der Waals surface area contributed by atoms with Crippen LogP contribution in [0.5, 0.6) is 0 Å². The number of nitrogens with zero attached hydrogens (tertiary/aromatic N) is 2. The number of carbonyl (C=O) groups excluding carboxylic acids is 2. The Bertz CT molecular complexity index is 916. The average Bonchev–Trinajstić information content (AvgIpc) is 3.23. The van der Waals surface area contributed by atoms with Gasteiger partial charge in [-0.05, 0) is 69.1 Å². The van der Waals surface area contributed by atoms with E-state index in [0.29, 0.717) is 18.3 Å². The van der Waals surface area contributed by atoms with Crippen LogP contribution in [0.25, 0.3) is 0 Å². The number of anilines is 1. The van der Waals surface area contributed by atoms with Gasteiger partial charge in [-0.3, -0.25) is 10.1 Å². The van der Waals surface area contributed by atoms with Crippen molar-refractivity contribution in [3.63, 3.8) is 0 Å². The van der Waals surface area contributed by atoms with Crippen molar-refractivity contribution in [2.45, 2.75) is 62.6 Å². The zero-order chi connectivity index (χ0) is 23.6. The van der Waals surface area contributed by atoms with E-state index in [-0.39, 0.29) is 23.8 Å². The zero-order valence-electron chi connectivity index (χ0n) is 19.2. The molecular formula is C24H32ClN3O3S2. The molecule has 1 heterocycles. The smallest absolute Gasteiger partial charge is 0.323 e. The first-order valence-electron chi connectivity index (χ1n) is 11.5. The van der Waals surface area contributed by atoms with Gasteiger partial charge in [0.2, 0.25) is 0 Å². The van der Waals surface area contributed by atoms with Crippen LogP contribution in [0.4, 0.5) is 9.93 Å². The zero-order valence-corrected chi connectivity index (χ0v) is 21.6. The number of urea groups is 1. The lowest BCUT2D eigenvalue weighted by Crippen LogP contribution is -2.45. The number of amides is 2. The fraction of sp³-hybridized carbons (Fsp3) is 0.542. The standard InChI is InChI=1S/C24H32ClN3O3S2/c1-3-31-21(29)16-32-22-15-26-23(33-22)27-24(30)28(20-11-9-17(2)10-12-20)13-5-7-18-6-4-8-19(25)14-18/h4,6,8,14-15,17,20H,3,5,7,9-13,16H2,1-2H3,(H,26,27,30)/t17-,20-. The molecule has 3 rings (SSSR count). The summed E-state index contributed by atoms with van der Waals surface area (Å²) in [5.74, 6) is 0.703. The first kappa shape index (κ1) is 25.8. The van der Waals surface area contributed by atoms with Crippen LogP contribution in [-0.4, -0.2) is 46.8 Å². The highest BCUT2D eigenvalue weighted by Crippen LogP contribution is 2.30. The summed E-state index contributed by atoms with van der Waals surface area (Å²) in [6.07, 6.45) is 7.80. The Morgan fingerprint density at radius 1 is 1.30 bits per heavy atom. The molecule has 0 aliphatic heterocycles. The van der Waals surface area contributed by atoms with Crippen molar-refractivity contribution in [1.82, 2.24) is 9.88 Å². The predicted octanol–water partition coefficient (Wildman–Crippen LogP) is 6.50. The van der Waals surface area contributed by atoms with E-state index in [1.54, 1.807) is 13.1 Å². The molecule has 1 saturated carbocycles. The molecule has 1 aliphatic rings. The highest BCUT2D eigenvalue weighted by Gasteiger charge is 2.28. The summed E-state index contributed by atoms with van der Waals surface area (Å²) < 4.78 is 5.83. The van der Waals surface area contributed by atoms with Gasteiger partial charge in [0.15, 0.2) is 5.13 Å². The number of hydrogen-bond acceptors (Lipinski definition) is 6. The maximum atomic E-state index is 13.2. The summed E-state index contributed by atoms with van der Waals surface area (Å²) in [6, 6.07) is 8.05. The number of rotatable bonds is 10. The number of aromatic nitrogens is 1. The number of thiazole rings is 1. The van der Waals surface area contributed by atoms with E-state index < -0.39 is 0 Å². The molecule has 1 aromatic carbocycles. The molecule has 6 nitrogen and oxygen atoms in total. The molecule has 2 aromatic rings. The van der Waals surface area contributed by atoms with Crippen molar-refractivity contribution in [2.75, 3.05) is 24.2 Å². The van der Waals surface area contributed by atoms with Gasteiger partial charge in [0.25, 0.3) is 0 Å². The number of hydrogen-bond donors (Lipinski definition) is 1. The second kappa shape index (κ2) is 13.2. The highest BCUT2D eigenvalue weighted by molar-refractivity contribution is 8.01. The summed E-state index contributed by atoms with van der Waals surface area (Å²) in [4.78, 5) is 31.1. The van der Waals surface area contributed by atoms with E-state index in [1.165, 1.54) is 28.7 Å². The number of carbonyl (C=O) groups is 2. The Kier molecular flexibility index (Phi) is 10.3. The quantitative estimate of drug-likeness (QED) is 0.292. The number of halogens is 1. The van der Waals surface area contributed by atoms with Gasteiger partial charge in [0, 0.05) is 17.6 Å². The molecular weight excluding hydrogens is 478 g/mol. The largest absolute Gasteiger partial charge is 0.465 e. The van der Waals surface area contributed by atoms with Gasteiger partial charge in [-0.2, -0.15) is 0 Å². The fourth-order valence-corrected chi connectivity index (χ4v) is 5.90. The van der Waals surface area contributed by atoms with Gasteiger partial charge >= 0.3 is 12.0 Å². The number of thioether (sulfide) groups is 1. The molecule has 1 N–H and O–H groups in total. The van der Waals surface area contributed by atoms with Gasteiger partial charge < -0.3 is 9.64 Å². The third-order valence-electron chi connectivity index (χ3n) is 5.78. The summed E-state index contributed by atoms with van der Waals surface area (Å²) in [6.45, 7) is 5.13. The van der Waals surface area contributed by atoms with Crippen LogP contribution in [0.15, 0.2) is 34.7 Å². The maximum absolute atomic E-state index is 13.2. The summed E-state index contributed by atoms with van der Waals surface area (Å²) in [7, 11) is 0. The first-order chi connectivity index (χ1) is 15.9. The number of benzene rings is 1. The molecule has 0 unspecified atom stereocenters. The lowest BCUT2D eigenvalue weighted by atomic mass is 9.86. The molecule has 1 aliphatic carbocycles.